The van der Waals surface area contributed by atoms with E-state index in [1.807, 2.05) is 42.5 Å². The summed E-state index contributed by atoms with van der Waals surface area (Å²) >= 11 is 0. The van der Waals surface area contributed by atoms with Crippen molar-refractivity contribution in [3.63, 3.8) is 0 Å². The normalized spacial score (nSPS) is 11.7. The van der Waals surface area contributed by atoms with Crippen LogP contribution in [0.15, 0.2) is 88.1 Å². The number of rotatable bonds is 1. The lowest BCUT2D eigenvalue weighted by Crippen LogP contribution is -2.00. The van der Waals surface area contributed by atoms with Crippen LogP contribution in [0.4, 0.5) is 0 Å². The SMILES string of the molecule is Cc1ccc(C)c(-c2c3ccc4cccc(O)c4c3oc3c2ccc2cccc(=O)c23)c1. The molecule has 0 aliphatic rings. The summed E-state index contributed by atoms with van der Waals surface area (Å²) in [6.45, 7) is 4.17. The summed E-state index contributed by atoms with van der Waals surface area (Å²) in [6, 6.07) is 25.2. The van der Waals surface area contributed by atoms with Crippen LogP contribution in [0.3, 0.4) is 0 Å². The maximum atomic E-state index is 12.9. The fourth-order valence-corrected chi connectivity index (χ4v) is 4.79. The molecule has 0 bridgehead atoms. The molecule has 3 nitrogen and oxygen atoms in total. The second kappa shape index (κ2) is 6.69. The Morgan fingerprint density at radius 3 is 2.12 bits per heavy atom. The van der Waals surface area contributed by atoms with Crippen LogP contribution >= 0.6 is 0 Å². The lowest BCUT2D eigenvalue weighted by molar-refractivity contribution is 0.481. The molecule has 0 atom stereocenters. The second-order valence-electron chi connectivity index (χ2n) is 8.41. The van der Waals surface area contributed by atoms with E-state index in [9.17, 15) is 9.90 Å². The zero-order valence-corrected chi connectivity index (χ0v) is 17.8. The highest BCUT2D eigenvalue weighted by molar-refractivity contribution is 6.20. The van der Waals surface area contributed by atoms with Gasteiger partial charge in [0.25, 0.3) is 0 Å². The van der Waals surface area contributed by atoms with Gasteiger partial charge in [0.2, 0.25) is 0 Å². The van der Waals surface area contributed by atoms with E-state index in [0.717, 1.165) is 43.8 Å². The van der Waals surface area contributed by atoms with Crippen molar-refractivity contribution in [1.29, 1.82) is 0 Å². The molecule has 0 aliphatic carbocycles. The molecule has 1 heterocycles. The highest BCUT2D eigenvalue weighted by Crippen LogP contribution is 2.43. The minimum Gasteiger partial charge on any atom is -0.507 e. The van der Waals surface area contributed by atoms with Gasteiger partial charge in [-0.2, -0.15) is 0 Å². The van der Waals surface area contributed by atoms with Gasteiger partial charge in [-0.15, -0.1) is 0 Å². The Morgan fingerprint density at radius 2 is 1.38 bits per heavy atom. The molecular weight excluding hydrogens is 396 g/mol. The van der Waals surface area contributed by atoms with Gasteiger partial charge in [-0.1, -0.05) is 60.2 Å². The zero-order valence-electron chi connectivity index (χ0n) is 17.8. The molecule has 5 aromatic carbocycles. The van der Waals surface area contributed by atoms with Crippen LogP contribution in [0.1, 0.15) is 11.1 Å². The number of fused-ring (bicyclic) bond motifs is 6. The van der Waals surface area contributed by atoms with Crippen molar-refractivity contribution in [3.8, 4) is 16.9 Å². The van der Waals surface area contributed by atoms with Gasteiger partial charge in [-0.3, -0.25) is 4.79 Å². The van der Waals surface area contributed by atoms with Crippen molar-refractivity contribution >= 4 is 43.5 Å². The van der Waals surface area contributed by atoms with Gasteiger partial charge in [0.15, 0.2) is 5.43 Å². The van der Waals surface area contributed by atoms with Crippen molar-refractivity contribution in [2.45, 2.75) is 13.8 Å². The number of hydrogen-bond acceptors (Lipinski definition) is 3. The first-order valence-electron chi connectivity index (χ1n) is 10.6. The van der Waals surface area contributed by atoms with Crippen LogP contribution in [0, 0.1) is 13.8 Å². The minimum atomic E-state index is -0.0763. The Balaban J connectivity index is 1.97. The van der Waals surface area contributed by atoms with Crippen molar-refractivity contribution < 1.29 is 9.52 Å². The molecule has 32 heavy (non-hydrogen) atoms. The van der Waals surface area contributed by atoms with Gasteiger partial charge in [-0.05, 0) is 60.0 Å². The maximum Gasteiger partial charge on any atom is 0.190 e. The van der Waals surface area contributed by atoms with Crippen molar-refractivity contribution in [2.75, 3.05) is 0 Å². The predicted molar refractivity (Wildman–Crippen MR) is 132 cm³/mol. The molecule has 3 heteroatoms. The fraction of sp³-hybridized carbons (Fsp3) is 0.0690. The summed E-state index contributed by atoms with van der Waals surface area (Å²) in [7, 11) is 0. The Hall–Kier alpha value is -4.11. The Kier molecular flexibility index (Phi) is 3.90. The average Bonchev–Trinajstić information content (AvgIpc) is 2.79. The number of aryl methyl sites for hydroxylation is 2. The number of aromatic hydroxyl groups is 1. The van der Waals surface area contributed by atoms with E-state index in [1.54, 1.807) is 18.2 Å². The van der Waals surface area contributed by atoms with E-state index in [1.165, 1.54) is 0 Å². The minimum absolute atomic E-state index is 0.0763. The summed E-state index contributed by atoms with van der Waals surface area (Å²) < 4.78 is 6.51. The molecule has 0 saturated carbocycles. The summed E-state index contributed by atoms with van der Waals surface area (Å²) in [6.07, 6.45) is 0. The molecule has 0 unspecified atom stereocenters. The highest BCUT2D eigenvalue weighted by Gasteiger charge is 2.19. The molecule has 6 rings (SSSR count). The molecule has 0 aliphatic heterocycles. The Labute approximate surface area is 184 Å². The third kappa shape index (κ3) is 2.58. The summed E-state index contributed by atoms with van der Waals surface area (Å²) in [5.41, 5.74) is 5.45. The first kappa shape index (κ1) is 18.6. The third-order valence-electron chi connectivity index (χ3n) is 6.34. The zero-order chi connectivity index (χ0) is 22.0. The van der Waals surface area contributed by atoms with Crippen LogP contribution < -0.4 is 5.43 Å². The number of hydrogen-bond donors (Lipinski definition) is 1. The molecule has 0 fully saturated rings. The molecule has 154 valence electrons. The van der Waals surface area contributed by atoms with Gasteiger partial charge in [0.1, 0.15) is 16.9 Å². The van der Waals surface area contributed by atoms with Gasteiger partial charge in [-0.25, -0.2) is 0 Å². The van der Waals surface area contributed by atoms with Crippen molar-refractivity contribution in [1.82, 2.24) is 0 Å². The smallest absolute Gasteiger partial charge is 0.190 e. The van der Waals surface area contributed by atoms with Gasteiger partial charge in [0, 0.05) is 16.3 Å². The van der Waals surface area contributed by atoms with E-state index in [-0.39, 0.29) is 11.2 Å². The monoisotopic (exact) mass is 416 g/mol. The molecule has 6 aromatic rings. The van der Waals surface area contributed by atoms with Crippen LogP contribution in [0.25, 0.3) is 54.6 Å². The summed E-state index contributed by atoms with van der Waals surface area (Å²) in [5.74, 6) is 0.158. The number of phenols is 1. The van der Waals surface area contributed by atoms with Crippen LogP contribution in [0.2, 0.25) is 0 Å². The predicted octanol–water partition coefficient (Wildman–Crippen LogP) is 7.24. The second-order valence-corrected chi connectivity index (χ2v) is 8.41. The molecule has 0 saturated heterocycles. The van der Waals surface area contributed by atoms with Gasteiger partial charge >= 0.3 is 0 Å². The topological polar surface area (TPSA) is 50.4 Å². The Bertz CT molecular complexity index is 1770. The lowest BCUT2D eigenvalue weighted by atomic mass is 9.90. The van der Waals surface area contributed by atoms with E-state index < -0.39 is 0 Å². The third-order valence-corrected chi connectivity index (χ3v) is 6.34. The first-order valence-corrected chi connectivity index (χ1v) is 10.6. The van der Waals surface area contributed by atoms with Crippen LogP contribution in [-0.2, 0) is 0 Å². The van der Waals surface area contributed by atoms with E-state index in [4.69, 9.17) is 4.42 Å². The van der Waals surface area contributed by atoms with E-state index in [2.05, 4.69) is 32.0 Å². The molecule has 1 N–H and O–H groups in total. The number of phenolic OH excluding ortho intramolecular Hbond substituents is 1. The molecule has 1 aromatic heterocycles. The summed E-state index contributed by atoms with van der Waals surface area (Å²) in [4.78, 5) is 12.9. The van der Waals surface area contributed by atoms with Gasteiger partial charge in [0.05, 0.1) is 10.8 Å². The molecule has 0 radical (unpaired) electrons. The molecular formula is C29H20O3. The highest BCUT2D eigenvalue weighted by atomic mass is 16.3. The van der Waals surface area contributed by atoms with Crippen LogP contribution in [0.5, 0.6) is 5.75 Å². The molecule has 0 amide bonds. The lowest BCUT2D eigenvalue weighted by Gasteiger charge is -2.16. The summed E-state index contributed by atoms with van der Waals surface area (Å²) in [5, 5.41) is 15.5. The quantitative estimate of drug-likeness (QED) is 0.227. The number of benzene rings is 5. The van der Waals surface area contributed by atoms with Gasteiger partial charge < -0.3 is 9.52 Å². The van der Waals surface area contributed by atoms with Crippen LogP contribution in [-0.4, -0.2) is 5.11 Å². The first-order chi connectivity index (χ1) is 15.5. The van der Waals surface area contributed by atoms with E-state index in [0.29, 0.717) is 21.9 Å². The standard InChI is InChI=1S/C29H20O3/c1-16-9-10-17(2)22(15-16)27-20-13-11-18-5-3-7-23(30)25(18)28(20)32-29-21(27)14-12-19-6-4-8-24(31)26(19)29/h3-15,30H,1-2H3. The van der Waals surface area contributed by atoms with Crippen molar-refractivity contribution in [2.24, 2.45) is 0 Å². The average molecular weight is 416 g/mol. The largest absolute Gasteiger partial charge is 0.507 e. The van der Waals surface area contributed by atoms with Crippen molar-refractivity contribution in [3.05, 3.63) is 100 Å². The maximum absolute atomic E-state index is 12.9. The molecule has 0 spiro atoms. The Morgan fingerprint density at radius 1 is 0.719 bits per heavy atom. The fourth-order valence-electron chi connectivity index (χ4n) is 4.79. The van der Waals surface area contributed by atoms with E-state index >= 15 is 0 Å².